The molecule has 2 fully saturated rings. The van der Waals surface area contributed by atoms with E-state index in [4.69, 9.17) is 5.11 Å². The normalized spacial score (nSPS) is 31.2. The highest BCUT2D eigenvalue weighted by Gasteiger charge is 2.30. The summed E-state index contributed by atoms with van der Waals surface area (Å²) in [5.74, 6) is 1.75. The van der Waals surface area contributed by atoms with E-state index < -0.39 is 5.97 Å². The number of hydrogen-bond donors (Lipinski definition) is 1. The summed E-state index contributed by atoms with van der Waals surface area (Å²) in [4.78, 5) is 10.6. The van der Waals surface area contributed by atoms with Gasteiger partial charge in [-0.05, 0) is 86.3 Å². The predicted octanol–water partition coefficient (Wildman–Crippen LogP) is 6.05. The number of carboxylic acids is 1. The van der Waals surface area contributed by atoms with E-state index in [0.29, 0.717) is 5.92 Å². The van der Waals surface area contributed by atoms with E-state index in [-0.39, 0.29) is 0 Å². The van der Waals surface area contributed by atoms with Crippen LogP contribution in [-0.2, 0) is 4.79 Å². The molecule has 0 aromatic heterocycles. The topological polar surface area (TPSA) is 37.3 Å². The number of benzene rings is 1. The van der Waals surface area contributed by atoms with Crippen molar-refractivity contribution in [3.63, 3.8) is 0 Å². The SMILES string of the molecule is O=C(O)/C=C\c1ccc(C2CCC(C3CCC(I)CC3)CC2)cc1. The van der Waals surface area contributed by atoms with Gasteiger partial charge >= 0.3 is 5.97 Å². The molecule has 0 radical (unpaired) electrons. The zero-order valence-corrected chi connectivity index (χ0v) is 16.3. The van der Waals surface area contributed by atoms with Gasteiger partial charge in [-0.2, -0.15) is 0 Å². The van der Waals surface area contributed by atoms with E-state index in [1.54, 1.807) is 6.08 Å². The van der Waals surface area contributed by atoms with Crippen molar-refractivity contribution in [3.05, 3.63) is 41.5 Å². The molecule has 0 heterocycles. The molecule has 130 valence electrons. The van der Waals surface area contributed by atoms with E-state index in [9.17, 15) is 4.79 Å². The number of hydrogen-bond acceptors (Lipinski definition) is 1. The molecule has 3 heteroatoms. The van der Waals surface area contributed by atoms with E-state index in [0.717, 1.165) is 21.3 Å². The fourth-order valence-corrected chi connectivity index (χ4v) is 5.24. The van der Waals surface area contributed by atoms with Crippen molar-refractivity contribution in [3.8, 4) is 0 Å². The van der Waals surface area contributed by atoms with Crippen LogP contribution in [0.4, 0.5) is 0 Å². The number of carbonyl (C=O) groups is 1. The molecule has 0 bridgehead atoms. The van der Waals surface area contributed by atoms with Crippen LogP contribution in [0.5, 0.6) is 0 Å². The quantitative estimate of drug-likeness (QED) is 0.353. The van der Waals surface area contributed by atoms with E-state index >= 15 is 0 Å². The zero-order chi connectivity index (χ0) is 16.9. The summed E-state index contributed by atoms with van der Waals surface area (Å²) in [5, 5.41) is 8.69. The fourth-order valence-electron chi connectivity index (χ4n) is 4.52. The number of rotatable bonds is 4. The lowest BCUT2D eigenvalue weighted by atomic mass is 9.70. The molecule has 0 spiro atoms. The minimum absolute atomic E-state index is 0.694. The Kier molecular flexibility index (Phi) is 6.37. The van der Waals surface area contributed by atoms with Gasteiger partial charge in [0, 0.05) is 10.0 Å². The average molecular weight is 438 g/mol. The number of carboxylic acid groups (broad SMARTS) is 1. The molecule has 0 amide bonds. The molecule has 2 nitrogen and oxygen atoms in total. The summed E-state index contributed by atoms with van der Waals surface area (Å²) in [6.45, 7) is 0. The molecular weight excluding hydrogens is 411 g/mol. The molecule has 0 saturated heterocycles. The molecule has 2 aliphatic rings. The summed E-state index contributed by atoms with van der Waals surface area (Å²) >= 11 is 2.62. The summed E-state index contributed by atoms with van der Waals surface area (Å²) in [7, 11) is 0. The van der Waals surface area contributed by atoms with Gasteiger partial charge in [-0.1, -0.05) is 46.9 Å². The van der Waals surface area contributed by atoms with E-state index in [2.05, 4.69) is 34.7 Å². The van der Waals surface area contributed by atoms with Gasteiger partial charge < -0.3 is 5.11 Å². The molecule has 1 N–H and O–H groups in total. The maximum absolute atomic E-state index is 10.6. The van der Waals surface area contributed by atoms with Crippen LogP contribution < -0.4 is 0 Å². The van der Waals surface area contributed by atoms with E-state index in [1.165, 1.54) is 63.0 Å². The van der Waals surface area contributed by atoms with Crippen molar-refractivity contribution in [1.29, 1.82) is 0 Å². The smallest absolute Gasteiger partial charge is 0.328 e. The second-order valence-electron chi connectivity index (χ2n) is 7.46. The van der Waals surface area contributed by atoms with Crippen molar-refractivity contribution in [2.75, 3.05) is 0 Å². The first-order valence-electron chi connectivity index (χ1n) is 9.27. The number of halogens is 1. The van der Waals surface area contributed by atoms with Crippen LogP contribution in [0, 0.1) is 11.8 Å². The average Bonchev–Trinajstić information content (AvgIpc) is 2.61. The van der Waals surface area contributed by atoms with Crippen LogP contribution in [-0.4, -0.2) is 15.0 Å². The van der Waals surface area contributed by atoms with Gasteiger partial charge in [0.1, 0.15) is 0 Å². The first-order chi connectivity index (χ1) is 11.6. The summed E-state index contributed by atoms with van der Waals surface area (Å²) in [6.07, 6.45) is 14.0. The van der Waals surface area contributed by atoms with Gasteiger partial charge in [0.15, 0.2) is 0 Å². The molecule has 1 aromatic rings. The van der Waals surface area contributed by atoms with Crippen LogP contribution in [0.15, 0.2) is 30.3 Å². The molecule has 2 aliphatic carbocycles. The number of alkyl halides is 1. The molecule has 0 unspecified atom stereocenters. The third-order valence-corrected chi connectivity index (χ3v) is 7.21. The lowest BCUT2D eigenvalue weighted by Gasteiger charge is -2.37. The minimum Gasteiger partial charge on any atom is -0.478 e. The Hall–Kier alpha value is -0.840. The second-order valence-corrected chi connectivity index (χ2v) is 9.22. The molecule has 2 saturated carbocycles. The largest absolute Gasteiger partial charge is 0.478 e. The van der Waals surface area contributed by atoms with Crippen molar-refractivity contribution >= 4 is 34.6 Å². The van der Waals surface area contributed by atoms with Gasteiger partial charge in [0.2, 0.25) is 0 Å². The highest BCUT2D eigenvalue weighted by atomic mass is 127. The van der Waals surface area contributed by atoms with Crippen LogP contribution in [0.3, 0.4) is 0 Å². The zero-order valence-electron chi connectivity index (χ0n) is 14.2. The van der Waals surface area contributed by atoms with Gasteiger partial charge in [0.25, 0.3) is 0 Å². The Morgan fingerprint density at radius 1 is 0.917 bits per heavy atom. The monoisotopic (exact) mass is 438 g/mol. The van der Waals surface area contributed by atoms with Gasteiger partial charge in [-0.25, -0.2) is 4.79 Å². The summed E-state index contributed by atoms with van der Waals surface area (Å²) in [5.41, 5.74) is 2.39. The van der Waals surface area contributed by atoms with Gasteiger partial charge in [-0.3, -0.25) is 0 Å². The molecule has 1 aromatic carbocycles. The highest BCUT2D eigenvalue weighted by molar-refractivity contribution is 14.1. The first-order valence-corrected chi connectivity index (χ1v) is 10.5. The van der Waals surface area contributed by atoms with Crippen LogP contribution in [0.1, 0.15) is 68.4 Å². The van der Waals surface area contributed by atoms with Crippen molar-refractivity contribution in [2.24, 2.45) is 11.8 Å². The summed E-state index contributed by atoms with van der Waals surface area (Å²) < 4.78 is 0.920. The van der Waals surface area contributed by atoms with Crippen molar-refractivity contribution in [2.45, 2.75) is 61.2 Å². The third kappa shape index (κ3) is 4.84. The Bertz CT molecular complexity index is 562. The van der Waals surface area contributed by atoms with E-state index in [1.807, 2.05) is 12.1 Å². The molecule has 3 rings (SSSR count). The standard InChI is InChI=1S/C21H27IO2/c22-20-12-10-19(11-13-20)18-8-6-17(7-9-18)16-4-1-15(2-5-16)3-14-21(23)24/h1-5,14,17-20H,6-13H2,(H,23,24)/b14-3-. The molecular formula is C21H27IO2. The fraction of sp³-hybridized carbons (Fsp3) is 0.571. The Labute approximate surface area is 158 Å². The van der Waals surface area contributed by atoms with Crippen molar-refractivity contribution < 1.29 is 9.90 Å². The maximum atomic E-state index is 10.6. The Balaban J connectivity index is 1.52. The lowest BCUT2D eigenvalue weighted by molar-refractivity contribution is -0.131. The Morgan fingerprint density at radius 3 is 2.00 bits per heavy atom. The van der Waals surface area contributed by atoms with Crippen molar-refractivity contribution in [1.82, 2.24) is 0 Å². The third-order valence-electron chi connectivity index (χ3n) is 5.97. The van der Waals surface area contributed by atoms with Crippen LogP contribution in [0.25, 0.3) is 6.08 Å². The molecule has 0 aliphatic heterocycles. The van der Waals surface area contributed by atoms with Gasteiger partial charge in [0.05, 0.1) is 0 Å². The highest BCUT2D eigenvalue weighted by Crippen LogP contribution is 2.43. The minimum atomic E-state index is -0.894. The Morgan fingerprint density at radius 2 is 1.46 bits per heavy atom. The lowest BCUT2D eigenvalue weighted by Crippen LogP contribution is -2.25. The van der Waals surface area contributed by atoms with Gasteiger partial charge in [-0.15, -0.1) is 0 Å². The van der Waals surface area contributed by atoms with Crippen LogP contribution in [0.2, 0.25) is 0 Å². The summed E-state index contributed by atoms with van der Waals surface area (Å²) in [6, 6.07) is 8.46. The van der Waals surface area contributed by atoms with Crippen LogP contribution >= 0.6 is 22.6 Å². The number of aliphatic carboxylic acids is 1. The maximum Gasteiger partial charge on any atom is 0.328 e. The second kappa shape index (κ2) is 8.50. The predicted molar refractivity (Wildman–Crippen MR) is 108 cm³/mol. The molecule has 0 atom stereocenters. The molecule has 24 heavy (non-hydrogen) atoms. The first kappa shape index (κ1) is 18.0.